The summed E-state index contributed by atoms with van der Waals surface area (Å²) in [6.07, 6.45) is -1.82. The number of alkyl halides is 3. The van der Waals surface area contributed by atoms with Gasteiger partial charge in [-0.05, 0) is 49.4 Å². The van der Waals surface area contributed by atoms with Crippen LogP contribution in [0.15, 0.2) is 24.3 Å². The lowest BCUT2D eigenvalue weighted by molar-refractivity contribution is -0.138. The van der Waals surface area contributed by atoms with Crippen LogP contribution in [0, 0.1) is 5.92 Å². The van der Waals surface area contributed by atoms with Crippen LogP contribution in [0.3, 0.4) is 0 Å². The second-order valence-electron chi connectivity index (χ2n) is 5.39. The van der Waals surface area contributed by atoms with Crippen molar-refractivity contribution >= 4 is 5.97 Å². The van der Waals surface area contributed by atoms with E-state index in [1.54, 1.807) is 6.07 Å². The number of carbonyl (C=O) groups is 1. The zero-order chi connectivity index (χ0) is 15.5. The van der Waals surface area contributed by atoms with Gasteiger partial charge in [-0.15, -0.1) is 0 Å². The highest BCUT2D eigenvalue weighted by Gasteiger charge is 2.34. The summed E-state index contributed by atoms with van der Waals surface area (Å²) < 4.78 is 38.3. The molecule has 0 saturated heterocycles. The predicted molar refractivity (Wildman–Crippen MR) is 71.8 cm³/mol. The molecule has 0 amide bonds. The molecular weight excluding hydrogens is 283 g/mol. The molecule has 0 aromatic heterocycles. The Morgan fingerprint density at radius 3 is 2.67 bits per heavy atom. The Kier molecular flexibility index (Phi) is 4.88. The topological polar surface area (TPSA) is 49.3 Å². The van der Waals surface area contributed by atoms with Crippen molar-refractivity contribution in [3.8, 4) is 0 Å². The fraction of sp³-hybridized carbons (Fsp3) is 0.533. The lowest BCUT2D eigenvalue weighted by Gasteiger charge is -2.20. The summed E-state index contributed by atoms with van der Waals surface area (Å²) >= 11 is 0. The first-order chi connectivity index (χ1) is 9.88. The van der Waals surface area contributed by atoms with Crippen molar-refractivity contribution in [1.29, 1.82) is 0 Å². The van der Waals surface area contributed by atoms with Crippen molar-refractivity contribution in [1.82, 2.24) is 5.32 Å². The Bertz CT molecular complexity index is 498. The number of carboxylic acids is 1. The Hall–Kier alpha value is -1.56. The van der Waals surface area contributed by atoms with Gasteiger partial charge >= 0.3 is 12.1 Å². The summed E-state index contributed by atoms with van der Waals surface area (Å²) in [5.74, 6) is -0.517. The fourth-order valence-corrected chi connectivity index (χ4v) is 2.39. The molecule has 0 heterocycles. The van der Waals surface area contributed by atoms with Gasteiger partial charge in [0.15, 0.2) is 0 Å². The monoisotopic (exact) mass is 301 g/mol. The van der Waals surface area contributed by atoms with E-state index in [4.69, 9.17) is 5.11 Å². The molecule has 21 heavy (non-hydrogen) atoms. The molecule has 1 saturated carbocycles. The number of benzene rings is 1. The lowest BCUT2D eigenvalue weighted by Crippen LogP contribution is -2.25. The third kappa shape index (κ3) is 4.74. The number of halogens is 3. The predicted octanol–water partition coefficient (Wildman–Crippen LogP) is 3.61. The smallest absolute Gasteiger partial charge is 0.416 e. The van der Waals surface area contributed by atoms with E-state index in [-0.39, 0.29) is 12.5 Å². The van der Waals surface area contributed by atoms with Gasteiger partial charge in [0, 0.05) is 12.5 Å². The van der Waals surface area contributed by atoms with Crippen molar-refractivity contribution in [2.75, 3.05) is 6.54 Å². The summed E-state index contributed by atoms with van der Waals surface area (Å²) in [5, 5.41) is 11.8. The van der Waals surface area contributed by atoms with E-state index in [0.29, 0.717) is 24.4 Å². The van der Waals surface area contributed by atoms with E-state index in [1.807, 2.05) is 0 Å². The molecule has 1 aromatic carbocycles. The zero-order valence-electron chi connectivity index (χ0n) is 11.5. The van der Waals surface area contributed by atoms with Gasteiger partial charge in [0.2, 0.25) is 0 Å². The molecule has 1 atom stereocenters. The van der Waals surface area contributed by atoms with Crippen molar-refractivity contribution in [2.45, 2.75) is 37.9 Å². The van der Waals surface area contributed by atoms with E-state index in [0.717, 1.165) is 18.9 Å². The highest BCUT2D eigenvalue weighted by atomic mass is 19.4. The average Bonchev–Trinajstić information content (AvgIpc) is 3.22. The molecule has 0 aliphatic heterocycles. The van der Waals surface area contributed by atoms with Gasteiger partial charge in [0.25, 0.3) is 0 Å². The molecular formula is C15H18F3NO2. The molecule has 0 bridgehead atoms. The van der Waals surface area contributed by atoms with Crippen LogP contribution >= 0.6 is 0 Å². The first kappa shape index (κ1) is 15.8. The Morgan fingerprint density at radius 2 is 2.10 bits per heavy atom. The van der Waals surface area contributed by atoms with Crippen molar-refractivity contribution < 1.29 is 23.1 Å². The minimum absolute atomic E-state index is 0.0625. The van der Waals surface area contributed by atoms with E-state index < -0.39 is 17.7 Å². The maximum atomic E-state index is 12.8. The molecule has 1 aromatic rings. The van der Waals surface area contributed by atoms with Gasteiger partial charge in [-0.25, -0.2) is 0 Å². The summed E-state index contributed by atoms with van der Waals surface area (Å²) in [4.78, 5) is 10.5. The molecule has 116 valence electrons. The van der Waals surface area contributed by atoms with E-state index in [2.05, 4.69) is 5.32 Å². The molecule has 6 heteroatoms. The van der Waals surface area contributed by atoms with Gasteiger partial charge in [-0.1, -0.05) is 12.1 Å². The fourth-order valence-electron chi connectivity index (χ4n) is 2.39. The van der Waals surface area contributed by atoms with Gasteiger partial charge in [0.05, 0.1) is 5.56 Å². The molecule has 1 aliphatic rings. The van der Waals surface area contributed by atoms with Gasteiger partial charge in [-0.2, -0.15) is 13.2 Å². The third-order valence-corrected chi connectivity index (χ3v) is 3.60. The lowest BCUT2D eigenvalue weighted by atomic mass is 9.99. The van der Waals surface area contributed by atoms with Gasteiger partial charge in [0.1, 0.15) is 0 Å². The number of aliphatic carboxylic acids is 1. The minimum Gasteiger partial charge on any atom is -0.481 e. The molecule has 0 spiro atoms. The Balaban J connectivity index is 2.03. The van der Waals surface area contributed by atoms with E-state index >= 15 is 0 Å². The number of hydrogen-bond acceptors (Lipinski definition) is 2. The van der Waals surface area contributed by atoms with Crippen LogP contribution in [0.1, 0.15) is 42.9 Å². The Labute approximate surface area is 121 Å². The van der Waals surface area contributed by atoms with E-state index in [1.165, 1.54) is 12.1 Å². The number of carboxylic acid groups (broad SMARTS) is 1. The summed E-state index contributed by atoms with van der Waals surface area (Å²) in [5.41, 5.74) is -0.0133. The molecule has 1 unspecified atom stereocenters. The Morgan fingerprint density at radius 1 is 1.38 bits per heavy atom. The van der Waals surface area contributed by atoms with Crippen molar-refractivity contribution in [3.63, 3.8) is 0 Å². The van der Waals surface area contributed by atoms with E-state index in [9.17, 15) is 18.0 Å². The highest BCUT2D eigenvalue weighted by Crippen LogP contribution is 2.42. The van der Waals surface area contributed by atoms with Crippen molar-refractivity contribution in [2.24, 2.45) is 5.92 Å². The van der Waals surface area contributed by atoms with Crippen LogP contribution in [-0.2, 0) is 11.0 Å². The molecule has 0 radical (unpaired) electrons. The highest BCUT2D eigenvalue weighted by molar-refractivity contribution is 5.66. The third-order valence-electron chi connectivity index (χ3n) is 3.60. The molecule has 3 nitrogen and oxygen atoms in total. The second kappa shape index (κ2) is 6.47. The van der Waals surface area contributed by atoms with Crippen LogP contribution in [-0.4, -0.2) is 17.6 Å². The zero-order valence-corrected chi connectivity index (χ0v) is 11.5. The number of rotatable bonds is 7. The molecule has 1 aliphatic carbocycles. The summed E-state index contributed by atoms with van der Waals surface area (Å²) in [6.45, 7) is 0.490. The minimum atomic E-state index is -4.34. The second-order valence-corrected chi connectivity index (χ2v) is 5.39. The van der Waals surface area contributed by atoms with Crippen LogP contribution in [0.4, 0.5) is 13.2 Å². The van der Waals surface area contributed by atoms with Crippen LogP contribution in [0.5, 0.6) is 0 Å². The molecule has 1 fully saturated rings. The standard InChI is InChI=1S/C15H18F3NO2/c16-15(17,18)12-4-1-3-11(9-12)14(10-6-7-10)19-8-2-5-13(20)21/h1,3-4,9-10,14,19H,2,5-8H2,(H,20,21). The van der Waals surface area contributed by atoms with Gasteiger partial charge < -0.3 is 10.4 Å². The van der Waals surface area contributed by atoms with Crippen LogP contribution in [0.25, 0.3) is 0 Å². The number of nitrogens with one attached hydrogen (secondary N) is 1. The van der Waals surface area contributed by atoms with Gasteiger partial charge in [-0.3, -0.25) is 4.79 Å². The quantitative estimate of drug-likeness (QED) is 0.756. The first-order valence-electron chi connectivity index (χ1n) is 7.00. The summed E-state index contributed by atoms with van der Waals surface area (Å²) in [6, 6.07) is 5.25. The number of hydrogen-bond donors (Lipinski definition) is 2. The molecule has 2 rings (SSSR count). The average molecular weight is 301 g/mol. The largest absolute Gasteiger partial charge is 0.481 e. The summed E-state index contributed by atoms with van der Waals surface area (Å²) in [7, 11) is 0. The first-order valence-corrected chi connectivity index (χ1v) is 7.00. The normalized spacial score (nSPS) is 16.7. The van der Waals surface area contributed by atoms with Crippen LogP contribution in [0.2, 0.25) is 0 Å². The maximum absolute atomic E-state index is 12.8. The van der Waals surface area contributed by atoms with Crippen molar-refractivity contribution in [3.05, 3.63) is 35.4 Å². The SMILES string of the molecule is O=C(O)CCCNC(c1cccc(C(F)(F)F)c1)C1CC1. The molecule has 2 N–H and O–H groups in total. The van der Waals surface area contributed by atoms with Crippen LogP contribution < -0.4 is 5.32 Å². The maximum Gasteiger partial charge on any atom is 0.416 e.